The first-order valence-corrected chi connectivity index (χ1v) is 6.54. The summed E-state index contributed by atoms with van der Waals surface area (Å²) in [6.07, 6.45) is 0. The van der Waals surface area contributed by atoms with Gasteiger partial charge < -0.3 is 9.47 Å². The first-order chi connectivity index (χ1) is 10.1. The molecule has 0 spiro atoms. The average Bonchev–Trinajstić information content (AvgIpc) is 2.52. The highest BCUT2D eigenvalue weighted by molar-refractivity contribution is 6.29. The third kappa shape index (κ3) is 1.76. The summed E-state index contributed by atoms with van der Waals surface area (Å²) in [5.41, 5.74) is 2.19. The van der Waals surface area contributed by atoms with Crippen LogP contribution in [0.3, 0.4) is 0 Å². The summed E-state index contributed by atoms with van der Waals surface area (Å²) in [6.45, 7) is 1.80. The van der Waals surface area contributed by atoms with Crippen LogP contribution in [0.2, 0.25) is 0 Å². The molecule has 0 unspecified atom stereocenters. The van der Waals surface area contributed by atoms with Crippen LogP contribution in [-0.2, 0) is 0 Å². The lowest BCUT2D eigenvalue weighted by Crippen LogP contribution is -2.22. The molecule has 0 saturated carbocycles. The Morgan fingerprint density at radius 1 is 0.857 bits per heavy atom. The maximum atomic E-state index is 12.7. The van der Waals surface area contributed by atoms with Gasteiger partial charge in [0.25, 0.3) is 0 Å². The zero-order valence-corrected chi connectivity index (χ0v) is 12.0. The van der Waals surface area contributed by atoms with Crippen LogP contribution in [0.5, 0.6) is 11.5 Å². The van der Waals surface area contributed by atoms with Gasteiger partial charge in [-0.05, 0) is 13.0 Å². The van der Waals surface area contributed by atoms with Crippen molar-refractivity contribution in [1.29, 1.82) is 0 Å². The molecule has 1 aliphatic carbocycles. The van der Waals surface area contributed by atoms with Gasteiger partial charge in [-0.15, -0.1) is 0 Å². The minimum Gasteiger partial charge on any atom is -0.496 e. The summed E-state index contributed by atoms with van der Waals surface area (Å²) in [7, 11) is 3.01. The second kappa shape index (κ2) is 4.74. The highest BCUT2D eigenvalue weighted by Gasteiger charge is 2.34. The van der Waals surface area contributed by atoms with Gasteiger partial charge >= 0.3 is 0 Å². The van der Waals surface area contributed by atoms with Crippen LogP contribution < -0.4 is 9.47 Å². The van der Waals surface area contributed by atoms with E-state index in [1.54, 1.807) is 37.3 Å². The smallest absolute Gasteiger partial charge is 0.198 e. The number of hydrogen-bond donors (Lipinski definition) is 0. The van der Waals surface area contributed by atoms with Crippen molar-refractivity contribution in [1.82, 2.24) is 0 Å². The third-order valence-corrected chi connectivity index (χ3v) is 3.79. The average molecular weight is 282 g/mol. The minimum absolute atomic E-state index is 0.184. The summed E-state index contributed by atoms with van der Waals surface area (Å²) >= 11 is 0. The number of fused-ring (bicyclic) bond motifs is 2. The van der Waals surface area contributed by atoms with E-state index in [4.69, 9.17) is 9.47 Å². The molecule has 4 heteroatoms. The number of ether oxygens (including phenoxy) is 2. The topological polar surface area (TPSA) is 52.6 Å². The lowest BCUT2D eigenvalue weighted by atomic mass is 9.82. The molecule has 0 amide bonds. The monoisotopic (exact) mass is 282 g/mol. The van der Waals surface area contributed by atoms with Gasteiger partial charge in [0.05, 0.1) is 19.8 Å². The second-order valence-electron chi connectivity index (χ2n) is 4.86. The van der Waals surface area contributed by atoms with Crippen LogP contribution in [0, 0.1) is 6.92 Å². The zero-order valence-electron chi connectivity index (χ0n) is 12.0. The van der Waals surface area contributed by atoms with Crippen LogP contribution >= 0.6 is 0 Å². The molecule has 1 aliphatic rings. The van der Waals surface area contributed by atoms with Gasteiger partial charge in [-0.25, -0.2) is 0 Å². The van der Waals surface area contributed by atoms with E-state index >= 15 is 0 Å². The van der Waals surface area contributed by atoms with E-state index < -0.39 is 0 Å². The van der Waals surface area contributed by atoms with Gasteiger partial charge in [0.15, 0.2) is 11.6 Å². The Labute approximate surface area is 122 Å². The molecule has 0 aromatic heterocycles. The van der Waals surface area contributed by atoms with E-state index in [1.165, 1.54) is 14.2 Å². The molecule has 2 aromatic rings. The van der Waals surface area contributed by atoms with Crippen molar-refractivity contribution in [3.8, 4) is 11.5 Å². The fraction of sp³-hybridized carbons (Fsp3) is 0.176. The van der Waals surface area contributed by atoms with Gasteiger partial charge in [0.2, 0.25) is 0 Å². The first-order valence-electron chi connectivity index (χ1n) is 6.54. The van der Waals surface area contributed by atoms with Crippen molar-refractivity contribution >= 4 is 11.6 Å². The normalized spacial score (nSPS) is 12.7. The molecule has 0 aliphatic heterocycles. The van der Waals surface area contributed by atoms with E-state index in [1.807, 2.05) is 0 Å². The maximum Gasteiger partial charge on any atom is 0.198 e. The van der Waals surface area contributed by atoms with Crippen molar-refractivity contribution in [3.05, 3.63) is 58.1 Å². The number of ketones is 2. The van der Waals surface area contributed by atoms with Gasteiger partial charge in [0.1, 0.15) is 11.5 Å². The highest BCUT2D eigenvalue weighted by Crippen LogP contribution is 2.39. The Morgan fingerprint density at radius 2 is 1.48 bits per heavy atom. The predicted octanol–water partition coefficient (Wildman–Crippen LogP) is 2.79. The summed E-state index contributed by atoms with van der Waals surface area (Å²) in [5, 5.41) is 0. The molecule has 0 heterocycles. The zero-order chi connectivity index (χ0) is 15.1. The van der Waals surface area contributed by atoms with E-state index in [2.05, 4.69) is 0 Å². The molecule has 21 heavy (non-hydrogen) atoms. The number of methoxy groups -OCH3 is 2. The van der Waals surface area contributed by atoms with E-state index in [0.29, 0.717) is 39.3 Å². The Hall–Kier alpha value is -2.62. The standard InChI is InChI=1S/C17H14O4/c1-9-13(20-2)8-12-14(17(9)21-3)16(19)11-7-5-4-6-10(11)15(12)18/h4-8H,1-3H3. The lowest BCUT2D eigenvalue weighted by Gasteiger charge is -2.22. The summed E-state index contributed by atoms with van der Waals surface area (Å²) in [4.78, 5) is 25.3. The first kappa shape index (κ1) is 13.4. The molecule has 0 radical (unpaired) electrons. The molecule has 2 aromatic carbocycles. The molecule has 0 saturated heterocycles. The largest absolute Gasteiger partial charge is 0.496 e. The Morgan fingerprint density at radius 3 is 2.05 bits per heavy atom. The summed E-state index contributed by atoms with van der Waals surface area (Å²) in [6, 6.07) is 8.44. The molecular weight excluding hydrogens is 268 g/mol. The second-order valence-corrected chi connectivity index (χ2v) is 4.86. The molecule has 0 atom stereocenters. The molecule has 3 rings (SSSR count). The molecule has 4 nitrogen and oxygen atoms in total. The number of carbonyl (C=O) groups excluding carboxylic acids is 2. The van der Waals surface area contributed by atoms with E-state index in [9.17, 15) is 9.59 Å². The van der Waals surface area contributed by atoms with Gasteiger partial charge in [-0.3, -0.25) is 9.59 Å². The van der Waals surface area contributed by atoms with Crippen molar-refractivity contribution < 1.29 is 19.1 Å². The van der Waals surface area contributed by atoms with Crippen molar-refractivity contribution in [3.63, 3.8) is 0 Å². The maximum absolute atomic E-state index is 12.7. The highest BCUT2D eigenvalue weighted by atomic mass is 16.5. The van der Waals surface area contributed by atoms with Gasteiger partial charge in [-0.1, -0.05) is 24.3 Å². The summed E-state index contributed by atoms with van der Waals surface area (Å²) in [5.74, 6) is 0.558. The van der Waals surface area contributed by atoms with Crippen LogP contribution in [0.1, 0.15) is 37.4 Å². The van der Waals surface area contributed by atoms with Crippen LogP contribution in [0.15, 0.2) is 30.3 Å². The minimum atomic E-state index is -0.192. The van der Waals surface area contributed by atoms with Crippen LogP contribution in [0.4, 0.5) is 0 Å². The van der Waals surface area contributed by atoms with E-state index in [-0.39, 0.29) is 11.6 Å². The summed E-state index contributed by atoms with van der Waals surface area (Å²) < 4.78 is 10.6. The van der Waals surface area contributed by atoms with Crippen molar-refractivity contribution in [2.45, 2.75) is 6.92 Å². The lowest BCUT2D eigenvalue weighted by molar-refractivity contribution is 0.0976. The SMILES string of the molecule is COc1cc2c(c(OC)c1C)C(=O)c1ccccc1C2=O. The molecular formula is C17H14O4. The van der Waals surface area contributed by atoms with Crippen molar-refractivity contribution in [2.24, 2.45) is 0 Å². The van der Waals surface area contributed by atoms with Crippen LogP contribution in [0.25, 0.3) is 0 Å². The molecule has 0 bridgehead atoms. The number of hydrogen-bond acceptors (Lipinski definition) is 4. The Bertz CT molecular complexity index is 775. The van der Waals surface area contributed by atoms with Crippen molar-refractivity contribution in [2.75, 3.05) is 14.2 Å². The fourth-order valence-corrected chi connectivity index (χ4v) is 2.76. The number of rotatable bonds is 2. The molecule has 0 N–H and O–H groups in total. The predicted molar refractivity (Wildman–Crippen MR) is 77.6 cm³/mol. The van der Waals surface area contributed by atoms with Gasteiger partial charge in [0, 0.05) is 22.3 Å². The molecule has 106 valence electrons. The van der Waals surface area contributed by atoms with Gasteiger partial charge in [-0.2, -0.15) is 0 Å². The third-order valence-electron chi connectivity index (χ3n) is 3.79. The van der Waals surface area contributed by atoms with E-state index in [0.717, 1.165) is 0 Å². The quantitative estimate of drug-likeness (QED) is 0.725. The fourth-order valence-electron chi connectivity index (χ4n) is 2.76. The number of carbonyl (C=O) groups is 2. The Balaban J connectivity index is 2.37. The molecule has 0 fully saturated rings. The number of benzene rings is 2. The Kier molecular flexibility index (Phi) is 3.01. The van der Waals surface area contributed by atoms with Crippen LogP contribution in [-0.4, -0.2) is 25.8 Å².